The first-order chi connectivity index (χ1) is 43.6. The quantitative estimate of drug-likeness (QED) is 0.0832. The van der Waals surface area contributed by atoms with Crippen LogP contribution in [0.5, 0.6) is 0 Å². The van der Waals surface area contributed by atoms with Crippen LogP contribution in [0.4, 0.5) is 13.2 Å². The summed E-state index contributed by atoms with van der Waals surface area (Å²) >= 11 is 0. The Kier molecular flexibility index (Phi) is 19.3. The topological polar surface area (TPSA) is 186 Å². The molecule has 450 valence electrons. The Morgan fingerprint density at radius 3 is 1.24 bits per heavy atom. The molecule has 0 amide bonds. The maximum Gasteiger partial charge on any atom is 0.417 e. The van der Waals surface area contributed by atoms with Gasteiger partial charge >= 0.3 is 6.18 Å². The molecule has 0 bridgehead atoms. The van der Waals surface area contributed by atoms with Gasteiger partial charge in [-0.2, -0.15) is 28.1 Å². The van der Waals surface area contributed by atoms with E-state index in [2.05, 4.69) is 80.7 Å². The first-order valence-electron chi connectivity index (χ1n) is 28.4. The third-order valence-corrected chi connectivity index (χ3v) is 15.0. The Morgan fingerprint density at radius 1 is 0.378 bits per heavy atom. The van der Waals surface area contributed by atoms with E-state index in [0.29, 0.717) is 70.7 Å². The summed E-state index contributed by atoms with van der Waals surface area (Å²) in [7, 11) is 3.37. The lowest BCUT2D eigenvalue weighted by Gasteiger charge is -2.15. The van der Waals surface area contributed by atoms with Crippen molar-refractivity contribution in [1.29, 1.82) is 0 Å². The van der Waals surface area contributed by atoms with Crippen LogP contribution in [0.25, 0.3) is 102 Å². The fraction of sp³-hybridized carbons (Fsp3) is 0.137. The maximum atomic E-state index is 13.8. The second-order valence-electron chi connectivity index (χ2n) is 21.2. The Bertz CT molecular complexity index is 4550. The number of carbonyl (C=O) groups excluding carboxylic acids is 3. The third kappa shape index (κ3) is 14.1. The van der Waals surface area contributed by atoms with Crippen LogP contribution in [0.1, 0.15) is 75.6 Å². The van der Waals surface area contributed by atoms with Gasteiger partial charge in [0.2, 0.25) is 17.5 Å². The fourth-order valence-corrected chi connectivity index (χ4v) is 10.3. The number of aryl methyl sites for hydroxylation is 5. The number of methoxy groups -OCH3 is 2. The minimum atomic E-state index is -4.55. The van der Waals surface area contributed by atoms with Gasteiger partial charge in [-0.05, 0) is 155 Å². The number of carbonyl (C=O) groups is 3. The zero-order valence-corrected chi connectivity index (χ0v) is 50.1. The van der Waals surface area contributed by atoms with Crippen LogP contribution in [0.15, 0.2) is 202 Å². The Balaban J connectivity index is 0.000000148. The van der Waals surface area contributed by atoms with Crippen molar-refractivity contribution in [1.82, 2.24) is 30.4 Å². The van der Waals surface area contributed by atoms with Gasteiger partial charge in [-0.25, -0.2) is 0 Å². The normalized spacial score (nSPS) is 11.1. The standard InChI is InChI=1S/2C25H22N2O3.C23H15F3N2O2/c1-16-6-4-5-7-21(16)23-11-9-19(13-20(23)15-29-3)25-26-24(27-30-25)22-10-8-18(14-28)12-17(22)2;1-16-6-4-5-7-22(16)23-11-10-19(13-21(23)15-29-3)25-26-24(27-30-25)18-8-9-20(14-28)17(2)12-18;1-14-4-2-3-5-18(14)19-11-10-17(12-20(19)23(24,25)26)22-27-21(28-30-22)16-8-6-15(13-29)7-9-16/h2*4-14H,15H2,1-3H3;2-13H,1H3. The van der Waals surface area contributed by atoms with Crippen molar-refractivity contribution >= 4 is 18.9 Å². The Hall–Kier alpha value is -10.9. The molecule has 17 heteroatoms. The summed E-state index contributed by atoms with van der Waals surface area (Å²) in [5.41, 5.74) is 17.3. The van der Waals surface area contributed by atoms with Gasteiger partial charge in [0, 0.05) is 64.3 Å². The molecular weight excluding hydrogens is 1150 g/mol. The number of benzene rings is 9. The average Bonchev–Trinajstić information content (AvgIpc) is 1.32. The van der Waals surface area contributed by atoms with Gasteiger partial charge in [0.25, 0.3) is 17.7 Å². The van der Waals surface area contributed by atoms with Crippen LogP contribution in [0, 0.1) is 34.6 Å². The van der Waals surface area contributed by atoms with Gasteiger partial charge in [0.1, 0.15) is 18.9 Å². The van der Waals surface area contributed by atoms with Crippen molar-refractivity contribution in [2.24, 2.45) is 0 Å². The van der Waals surface area contributed by atoms with Gasteiger partial charge in [-0.1, -0.05) is 155 Å². The molecule has 12 aromatic rings. The predicted molar refractivity (Wildman–Crippen MR) is 338 cm³/mol. The summed E-state index contributed by atoms with van der Waals surface area (Å²) in [6.45, 7) is 10.7. The molecule has 0 radical (unpaired) electrons. The molecule has 0 unspecified atom stereocenters. The van der Waals surface area contributed by atoms with E-state index in [4.69, 9.17) is 23.0 Å². The van der Waals surface area contributed by atoms with Crippen molar-refractivity contribution in [3.63, 3.8) is 0 Å². The van der Waals surface area contributed by atoms with Crippen LogP contribution in [-0.4, -0.2) is 63.5 Å². The summed E-state index contributed by atoms with van der Waals surface area (Å²) in [5, 5.41) is 12.1. The molecule has 0 fully saturated rings. The molecule has 0 atom stereocenters. The van der Waals surface area contributed by atoms with E-state index in [-0.39, 0.29) is 22.8 Å². The van der Waals surface area contributed by atoms with Gasteiger partial charge in [-0.15, -0.1) is 0 Å². The van der Waals surface area contributed by atoms with E-state index in [1.165, 1.54) is 34.4 Å². The molecule has 0 saturated carbocycles. The highest BCUT2D eigenvalue weighted by atomic mass is 19.4. The van der Waals surface area contributed by atoms with Crippen molar-refractivity contribution in [2.75, 3.05) is 14.2 Å². The average molecular weight is 1210 g/mol. The number of rotatable bonds is 16. The summed E-state index contributed by atoms with van der Waals surface area (Å²) in [6, 6.07) is 57.0. The molecular formula is C73H59F3N6O8. The Morgan fingerprint density at radius 2 is 0.789 bits per heavy atom. The SMILES string of the molecule is COCc1cc(-c2nc(-c3ccc(C=O)c(C)c3)no2)ccc1-c1ccccc1C.COCc1cc(-c2nc(-c3ccc(C=O)cc3C)no2)ccc1-c1ccccc1C.Cc1ccccc1-c1ccc(-c2nc(-c3ccc(C=O)cc3)no2)cc1C(F)(F)F. The summed E-state index contributed by atoms with van der Waals surface area (Å²) < 4.78 is 68.6. The van der Waals surface area contributed by atoms with E-state index in [1.54, 1.807) is 81.8 Å². The lowest BCUT2D eigenvalue weighted by atomic mass is 9.94. The highest BCUT2D eigenvalue weighted by Gasteiger charge is 2.35. The van der Waals surface area contributed by atoms with Gasteiger partial charge in [0.15, 0.2) is 0 Å². The maximum absolute atomic E-state index is 13.8. The molecule has 14 nitrogen and oxygen atoms in total. The molecule has 0 aliphatic carbocycles. The van der Waals surface area contributed by atoms with Crippen LogP contribution in [0.3, 0.4) is 0 Å². The smallest absolute Gasteiger partial charge is 0.380 e. The predicted octanol–water partition coefficient (Wildman–Crippen LogP) is 17.5. The molecule has 0 spiro atoms. The molecule has 0 saturated heterocycles. The van der Waals surface area contributed by atoms with Crippen LogP contribution < -0.4 is 0 Å². The number of ether oxygens (including phenoxy) is 2. The molecule has 3 heterocycles. The molecule has 0 N–H and O–H groups in total. The number of aldehydes is 3. The van der Waals surface area contributed by atoms with Crippen molar-refractivity contribution in [3.05, 3.63) is 249 Å². The summed E-state index contributed by atoms with van der Waals surface area (Å²) in [4.78, 5) is 46.1. The van der Waals surface area contributed by atoms with Crippen LogP contribution in [-0.2, 0) is 28.9 Å². The second-order valence-corrected chi connectivity index (χ2v) is 21.2. The fourth-order valence-electron chi connectivity index (χ4n) is 10.3. The lowest BCUT2D eigenvalue weighted by molar-refractivity contribution is -0.137. The highest BCUT2D eigenvalue weighted by Crippen LogP contribution is 2.41. The van der Waals surface area contributed by atoms with Gasteiger partial charge < -0.3 is 23.0 Å². The number of nitrogens with zero attached hydrogens (tertiary/aromatic N) is 6. The van der Waals surface area contributed by atoms with Crippen molar-refractivity contribution in [3.8, 4) is 102 Å². The summed E-state index contributed by atoms with van der Waals surface area (Å²) in [5.74, 6) is 2.07. The van der Waals surface area contributed by atoms with E-state index in [1.807, 2.05) is 86.6 Å². The van der Waals surface area contributed by atoms with E-state index in [0.717, 1.165) is 79.8 Å². The first kappa shape index (κ1) is 62.2. The molecule has 9 aromatic carbocycles. The molecule has 90 heavy (non-hydrogen) atoms. The molecule has 0 aliphatic heterocycles. The number of hydrogen-bond donors (Lipinski definition) is 0. The largest absolute Gasteiger partial charge is 0.417 e. The second kappa shape index (κ2) is 27.9. The number of aromatic nitrogens is 6. The van der Waals surface area contributed by atoms with Crippen molar-refractivity contribution in [2.45, 2.75) is 54.0 Å². The lowest BCUT2D eigenvalue weighted by Crippen LogP contribution is -2.08. The highest BCUT2D eigenvalue weighted by molar-refractivity contribution is 5.81. The molecule has 0 aliphatic rings. The molecule has 3 aromatic heterocycles. The summed E-state index contributed by atoms with van der Waals surface area (Å²) in [6.07, 6.45) is -2.18. The van der Waals surface area contributed by atoms with E-state index >= 15 is 0 Å². The Labute approximate surface area is 517 Å². The number of hydrogen-bond acceptors (Lipinski definition) is 14. The number of alkyl halides is 3. The number of halogens is 3. The van der Waals surface area contributed by atoms with Gasteiger partial charge in [0.05, 0.1) is 18.8 Å². The van der Waals surface area contributed by atoms with E-state index < -0.39 is 11.7 Å². The minimum Gasteiger partial charge on any atom is -0.380 e. The van der Waals surface area contributed by atoms with Crippen molar-refractivity contribution < 1.29 is 50.6 Å². The molecule has 12 rings (SSSR count). The van der Waals surface area contributed by atoms with E-state index in [9.17, 15) is 27.6 Å². The zero-order chi connectivity index (χ0) is 63.5. The van der Waals surface area contributed by atoms with Crippen LogP contribution in [0.2, 0.25) is 0 Å². The zero-order valence-electron chi connectivity index (χ0n) is 50.1. The monoisotopic (exact) mass is 1200 g/mol. The van der Waals surface area contributed by atoms with Crippen LogP contribution >= 0.6 is 0 Å². The minimum absolute atomic E-state index is 0.0219. The van der Waals surface area contributed by atoms with Gasteiger partial charge in [-0.3, -0.25) is 14.4 Å². The first-order valence-corrected chi connectivity index (χ1v) is 28.4. The third-order valence-electron chi connectivity index (χ3n) is 15.0.